The molecule has 0 saturated carbocycles. The predicted octanol–water partition coefficient (Wildman–Crippen LogP) is 3.84. The van der Waals surface area contributed by atoms with E-state index < -0.39 is 0 Å². The van der Waals surface area contributed by atoms with Gasteiger partial charge in [-0.25, -0.2) is 0 Å². The van der Waals surface area contributed by atoms with E-state index in [0.29, 0.717) is 15.8 Å². The highest BCUT2D eigenvalue weighted by atomic mass is 35.5. The lowest BCUT2D eigenvalue weighted by molar-refractivity contribution is -0.134. The molecule has 2 nitrogen and oxygen atoms in total. The number of rotatable bonds is 1. The van der Waals surface area contributed by atoms with Crippen molar-refractivity contribution in [1.29, 1.82) is 0 Å². The Bertz CT molecular complexity index is 504. The average molecular weight is 257 g/mol. The van der Waals surface area contributed by atoms with Crippen LogP contribution in [-0.4, -0.2) is 5.97 Å². The van der Waals surface area contributed by atoms with Crippen LogP contribution in [0.3, 0.4) is 0 Å². The predicted molar refractivity (Wildman–Crippen MR) is 64.5 cm³/mol. The molecular weight excluding hydrogens is 247 g/mol. The maximum Gasteiger partial charge on any atom is 0.308 e. The topological polar surface area (TPSA) is 26.3 Å². The summed E-state index contributed by atoms with van der Waals surface area (Å²) in [5.41, 5.74) is 2.92. The fourth-order valence-electron chi connectivity index (χ4n) is 1.83. The third kappa shape index (κ3) is 1.95. The zero-order valence-electron chi connectivity index (χ0n) is 8.93. The Morgan fingerprint density at radius 3 is 2.56 bits per heavy atom. The van der Waals surface area contributed by atoms with Crippen molar-refractivity contribution >= 4 is 34.9 Å². The Hall–Kier alpha value is -0.990. The molecule has 0 unspecified atom stereocenters. The van der Waals surface area contributed by atoms with Crippen molar-refractivity contribution in [3.8, 4) is 0 Å². The third-order valence-corrected chi connectivity index (χ3v) is 3.20. The monoisotopic (exact) mass is 256 g/mol. The molecule has 0 N–H and O–H groups in total. The SMILES string of the molecule is CC(=O)OC1=C(C)Cc2cc(Cl)c(Cl)cc21. The summed E-state index contributed by atoms with van der Waals surface area (Å²) in [6, 6.07) is 3.56. The van der Waals surface area contributed by atoms with Gasteiger partial charge in [-0.05, 0) is 36.6 Å². The highest BCUT2D eigenvalue weighted by molar-refractivity contribution is 6.42. The molecule has 2 rings (SSSR count). The normalized spacial score (nSPS) is 14.0. The molecule has 4 heteroatoms. The first-order valence-corrected chi connectivity index (χ1v) is 5.61. The molecule has 0 atom stereocenters. The van der Waals surface area contributed by atoms with Crippen LogP contribution in [0.4, 0.5) is 0 Å². The zero-order chi connectivity index (χ0) is 11.9. The minimum Gasteiger partial charge on any atom is -0.426 e. The number of ether oxygens (including phenoxy) is 1. The second kappa shape index (κ2) is 4.11. The van der Waals surface area contributed by atoms with Gasteiger partial charge < -0.3 is 4.74 Å². The summed E-state index contributed by atoms with van der Waals surface area (Å²) in [4.78, 5) is 11.0. The Morgan fingerprint density at radius 1 is 1.31 bits per heavy atom. The summed E-state index contributed by atoms with van der Waals surface area (Å²) < 4.78 is 5.18. The average Bonchev–Trinajstić information content (AvgIpc) is 2.45. The van der Waals surface area contributed by atoms with Crippen LogP contribution in [0.5, 0.6) is 0 Å². The molecule has 0 amide bonds. The van der Waals surface area contributed by atoms with Gasteiger partial charge in [-0.2, -0.15) is 0 Å². The first-order chi connectivity index (χ1) is 7.49. The first kappa shape index (κ1) is 11.5. The van der Waals surface area contributed by atoms with Crippen LogP contribution in [0.15, 0.2) is 17.7 Å². The van der Waals surface area contributed by atoms with Crippen LogP contribution < -0.4 is 0 Å². The van der Waals surface area contributed by atoms with Crippen molar-refractivity contribution in [3.63, 3.8) is 0 Å². The van der Waals surface area contributed by atoms with Crippen molar-refractivity contribution in [3.05, 3.63) is 38.9 Å². The maximum atomic E-state index is 11.0. The van der Waals surface area contributed by atoms with E-state index in [4.69, 9.17) is 27.9 Å². The number of hydrogen-bond donors (Lipinski definition) is 0. The summed E-state index contributed by atoms with van der Waals surface area (Å²) in [7, 11) is 0. The van der Waals surface area contributed by atoms with Crippen LogP contribution in [0.2, 0.25) is 10.0 Å². The van der Waals surface area contributed by atoms with Crippen LogP contribution in [0, 0.1) is 0 Å². The minimum absolute atomic E-state index is 0.326. The Morgan fingerprint density at radius 2 is 1.94 bits per heavy atom. The molecule has 0 radical (unpaired) electrons. The summed E-state index contributed by atoms with van der Waals surface area (Å²) in [5, 5.41) is 0.997. The van der Waals surface area contributed by atoms with Gasteiger partial charge in [0, 0.05) is 12.5 Å². The molecule has 0 spiro atoms. The molecule has 1 aliphatic rings. The van der Waals surface area contributed by atoms with Crippen LogP contribution >= 0.6 is 23.2 Å². The van der Waals surface area contributed by atoms with Crippen molar-refractivity contribution in [1.82, 2.24) is 0 Å². The van der Waals surface area contributed by atoms with E-state index in [0.717, 1.165) is 23.1 Å². The van der Waals surface area contributed by atoms with Crippen molar-refractivity contribution in [2.24, 2.45) is 0 Å². The highest BCUT2D eigenvalue weighted by Crippen LogP contribution is 2.38. The highest BCUT2D eigenvalue weighted by Gasteiger charge is 2.23. The molecule has 0 bridgehead atoms. The number of fused-ring (bicyclic) bond motifs is 1. The number of carbonyl (C=O) groups is 1. The van der Waals surface area contributed by atoms with Crippen LogP contribution in [-0.2, 0) is 16.0 Å². The van der Waals surface area contributed by atoms with Gasteiger partial charge in [-0.15, -0.1) is 0 Å². The van der Waals surface area contributed by atoms with E-state index in [-0.39, 0.29) is 5.97 Å². The van der Waals surface area contributed by atoms with Gasteiger partial charge in [0.05, 0.1) is 10.0 Å². The number of esters is 1. The molecule has 0 aliphatic heterocycles. The van der Waals surface area contributed by atoms with Gasteiger partial charge in [0.25, 0.3) is 0 Å². The van der Waals surface area contributed by atoms with Gasteiger partial charge in [-0.3, -0.25) is 4.79 Å². The molecule has 16 heavy (non-hydrogen) atoms. The summed E-state index contributed by atoms with van der Waals surface area (Å²) >= 11 is 11.9. The van der Waals surface area contributed by atoms with E-state index in [1.165, 1.54) is 6.92 Å². The zero-order valence-corrected chi connectivity index (χ0v) is 10.4. The fraction of sp³-hybridized carbons (Fsp3) is 0.250. The van der Waals surface area contributed by atoms with E-state index in [1.54, 1.807) is 6.07 Å². The molecule has 0 heterocycles. The summed E-state index contributed by atoms with van der Waals surface area (Å²) in [5.74, 6) is 0.286. The fourth-order valence-corrected chi connectivity index (χ4v) is 2.18. The number of benzene rings is 1. The van der Waals surface area contributed by atoms with Crippen molar-refractivity contribution in [2.45, 2.75) is 20.3 Å². The molecule has 0 aromatic heterocycles. The standard InChI is InChI=1S/C12H10Cl2O2/c1-6-3-8-4-10(13)11(14)5-9(8)12(6)16-7(2)15/h4-5H,3H2,1-2H3. The van der Waals surface area contributed by atoms with Gasteiger partial charge in [0.15, 0.2) is 0 Å². The molecule has 1 aliphatic carbocycles. The molecule has 84 valence electrons. The van der Waals surface area contributed by atoms with Gasteiger partial charge in [-0.1, -0.05) is 23.2 Å². The van der Waals surface area contributed by atoms with Gasteiger partial charge >= 0.3 is 5.97 Å². The molecule has 1 aromatic rings. The first-order valence-electron chi connectivity index (χ1n) is 4.85. The summed E-state index contributed by atoms with van der Waals surface area (Å²) in [6.07, 6.45) is 0.745. The molecular formula is C12H10Cl2O2. The molecule has 1 aromatic carbocycles. The Balaban J connectivity index is 2.48. The Kier molecular flexibility index (Phi) is 2.96. The third-order valence-electron chi connectivity index (χ3n) is 2.48. The quantitative estimate of drug-likeness (QED) is 0.714. The van der Waals surface area contributed by atoms with Crippen molar-refractivity contribution in [2.75, 3.05) is 0 Å². The number of allylic oxidation sites excluding steroid dienone is 1. The largest absolute Gasteiger partial charge is 0.426 e. The van der Waals surface area contributed by atoms with E-state index in [9.17, 15) is 4.79 Å². The lowest BCUT2D eigenvalue weighted by Crippen LogP contribution is -1.98. The van der Waals surface area contributed by atoms with Crippen molar-refractivity contribution < 1.29 is 9.53 Å². The smallest absolute Gasteiger partial charge is 0.308 e. The van der Waals surface area contributed by atoms with Crippen LogP contribution in [0.1, 0.15) is 25.0 Å². The maximum absolute atomic E-state index is 11.0. The molecule has 0 fully saturated rings. The van der Waals surface area contributed by atoms with Crippen LogP contribution in [0.25, 0.3) is 5.76 Å². The Labute approximate surface area is 104 Å². The van der Waals surface area contributed by atoms with E-state index >= 15 is 0 Å². The lowest BCUT2D eigenvalue weighted by Gasteiger charge is -2.07. The second-order valence-corrected chi connectivity index (χ2v) is 4.62. The minimum atomic E-state index is -0.326. The van der Waals surface area contributed by atoms with E-state index in [1.807, 2.05) is 13.0 Å². The number of halogens is 2. The number of hydrogen-bond acceptors (Lipinski definition) is 2. The van der Waals surface area contributed by atoms with E-state index in [2.05, 4.69) is 0 Å². The number of carbonyl (C=O) groups excluding carboxylic acids is 1. The summed E-state index contributed by atoms with van der Waals surface area (Å²) in [6.45, 7) is 3.32. The molecule has 0 saturated heterocycles. The second-order valence-electron chi connectivity index (χ2n) is 3.80. The van der Waals surface area contributed by atoms with Gasteiger partial charge in [0.1, 0.15) is 5.76 Å². The van der Waals surface area contributed by atoms with Gasteiger partial charge in [0.2, 0.25) is 0 Å². The lowest BCUT2D eigenvalue weighted by atomic mass is 10.1.